The molecule has 0 aliphatic rings. The van der Waals surface area contributed by atoms with E-state index in [2.05, 4.69) is 54.2 Å². The maximum atomic E-state index is 6.06. The first-order valence-electron chi connectivity index (χ1n) is 9.78. The van der Waals surface area contributed by atoms with Gasteiger partial charge in [0, 0.05) is 7.05 Å². The fourth-order valence-corrected chi connectivity index (χ4v) is 4.29. The Hall–Kier alpha value is -2.86. The molecule has 0 saturated heterocycles. The van der Waals surface area contributed by atoms with Crippen LogP contribution in [-0.4, -0.2) is 23.6 Å². The van der Waals surface area contributed by atoms with E-state index in [0.717, 1.165) is 28.3 Å². The molecule has 0 spiro atoms. The van der Waals surface area contributed by atoms with E-state index in [4.69, 9.17) is 9.57 Å². The topological polar surface area (TPSA) is 48.6 Å². The highest BCUT2D eigenvalue weighted by Crippen LogP contribution is 2.27. The summed E-state index contributed by atoms with van der Waals surface area (Å²) in [6, 6.07) is 18.3. The Kier molecular flexibility index (Phi) is 6.22. The molecule has 0 atom stereocenters. The summed E-state index contributed by atoms with van der Waals surface area (Å²) in [5, 5.41) is 10.3. The molecule has 0 saturated carbocycles. The minimum Gasteiger partial charge on any atom is -0.439 e. The van der Waals surface area contributed by atoms with Crippen molar-refractivity contribution in [2.75, 3.05) is 0 Å². The second-order valence-electron chi connectivity index (χ2n) is 8.20. The molecule has 152 valence electrons. The number of nitrogens with zero attached hydrogens (tertiary/aromatic N) is 3. The highest BCUT2D eigenvalue weighted by Gasteiger charge is 2.19. The van der Waals surface area contributed by atoms with Crippen molar-refractivity contribution in [2.45, 2.75) is 40.1 Å². The van der Waals surface area contributed by atoms with Crippen LogP contribution in [0.3, 0.4) is 0 Å². The number of para-hydroxylation sites is 1. The third kappa shape index (κ3) is 5.15. The Balaban J connectivity index is 1.73. The van der Waals surface area contributed by atoms with Gasteiger partial charge < -0.3 is 9.57 Å². The molecule has 1 heterocycles. The smallest absolute Gasteiger partial charge is 0.227 e. The lowest BCUT2D eigenvalue weighted by Gasteiger charge is -2.16. The van der Waals surface area contributed by atoms with Gasteiger partial charge in [-0.3, -0.25) is 0 Å². The highest BCUT2D eigenvalue weighted by atomic mass is 28.3. The summed E-state index contributed by atoms with van der Waals surface area (Å²) < 4.78 is 7.79. The molecule has 0 amide bonds. The van der Waals surface area contributed by atoms with Crippen LogP contribution < -0.4 is 9.92 Å². The first-order chi connectivity index (χ1) is 13.8. The van der Waals surface area contributed by atoms with Crippen molar-refractivity contribution in [3.05, 3.63) is 71.4 Å². The SMILES string of the molecule is CC(=NOCc1ccc([Si](C)(C)C)cc1)c1c(C)nn(C)c1Oc1ccccc1. The van der Waals surface area contributed by atoms with Crippen LogP contribution in [0.25, 0.3) is 0 Å². The van der Waals surface area contributed by atoms with Gasteiger partial charge in [0.25, 0.3) is 0 Å². The zero-order chi connectivity index (χ0) is 21.0. The van der Waals surface area contributed by atoms with E-state index in [-0.39, 0.29) is 0 Å². The first-order valence-corrected chi connectivity index (χ1v) is 13.3. The molecule has 0 N–H and O–H groups in total. The minimum atomic E-state index is -1.28. The first kappa shape index (κ1) is 20.9. The third-order valence-corrected chi connectivity index (χ3v) is 6.81. The monoisotopic (exact) mass is 407 g/mol. The fraction of sp³-hybridized carbons (Fsp3) is 0.304. The van der Waals surface area contributed by atoms with Gasteiger partial charge in [-0.2, -0.15) is 5.10 Å². The number of hydrogen-bond acceptors (Lipinski definition) is 4. The molecule has 0 radical (unpaired) electrons. The van der Waals surface area contributed by atoms with Crippen molar-refractivity contribution in [1.29, 1.82) is 0 Å². The van der Waals surface area contributed by atoms with Crippen molar-refractivity contribution in [2.24, 2.45) is 12.2 Å². The van der Waals surface area contributed by atoms with Crippen LogP contribution in [0.5, 0.6) is 11.6 Å². The van der Waals surface area contributed by atoms with Gasteiger partial charge in [-0.15, -0.1) is 0 Å². The van der Waals surface area contributed by atoms with E-state index in [1.54, 1.807) is 4.68 Å². The Labute approximate surface area is 174 Å². The van der Waals surface area contributed by atoms with E-state index in [1.807, 2.05) is 51.2 Å². The molecule has 3 aromatic rings. The summed E-state index contributed by atoms with van der Waals surface area (Å²) >= 11 is 0. The van der Waals surface area contributed by atoms with Crippen molar-refractivity contribution < 1.29 is 9.57 Å². The summed E-state index contributed by atoms with van der Waals surface area (Å²) in [5.41, 5.74) is 3.54. The maximum absolute atomic E-state index is 6.06. The number of aromatic nitrogens is 2. The predicted molar refractivity (Wildman–Crippen MR) is 121 cm³/mol. The quantitative estimate of drug-likeness (QED) is 0.314. The third-order valence-electron chi connectivity index (χ3n) is 4.74. The molecule has 5 nitrogen and oxygen atoms in total. The molecular weight excluding hydrogens is 378 g/mol. The van der Waals surface area contributed by atoms with E-state index in [1.165, 1.54) is 5.19 Å². The van der Waals surface area contributed by atoms with Gasteiger partial charge in [0.15, 0.2) is 0 Å². The van der Waals surface area contributed by atoms with Gasteiger partial charge in [-0.25, -0.2) is 4.68 Å². The number of aryl methyl sites for hydroxylation is 2. The minimum absolute atomic E-state index is 0.428. The number of benzene rings is 2. The fourth-order valence-electron chi connectivity index (χ4n) is 3.12. The summed E-state index contributed by atoms with van der Waals surface area (Å²) in [4.78, 5) is 5.64. The van der Waals surface area contributed by atoms with Crippen molar-refractivity contribution >= 4 is 19.0 Å². The van der Waals surface area contributed by atoms with Crippen LogP contribution in [0.1, 0.15) is 23.7 Å². The van der Waals surface area contributed by atoms with Gasteiger partial charge in [-0.05, 0) is 31.5 Å². The van der Waals surface area contributed by atoms with E-state index in [0.29, 0.717) is 12.5 Å². The molecule has 0 unspecified atom stereocenters. The van der Waals surface area contributed by atoms with E-state index in [9.17, 15) is 0 Å². The molecule has 0 aliphatic heterocycles. The largest absolute Gasteiger partial charge is 0.439 e. The zero-order valence-electron chi connectivity index (χ0n) is 18.1. The molecular formula is C23H29N3O2Si. The molecule has 0 fully saturated rings. The highest BCUT2D eigenvalue weighted by molar-refractivity contribution is 6.88. The lowest BCUT2D eigenvalue weighted by atomic mass is 10.2. The molecule has 2 aromatic carbocycles. The molecule has 6 heteroatoms. The molecule has 0 aliphatic carbocycles. The van der Waals surface area contributed by atoms with Crippen molar-refractivity contribution in [3.8, 4) is 11.6 Å². The average molecular weight is 408 g/mol. The number of ether oxygens (including phenoxy) is 1. The molecule has 3 rings (SSSR count). The molecule has 0 bridgehead atoms. The lowest BCUT2D eigenvalue weighted by Crippen LogP contribution is -2.37. The van der Waals surface area contributed by atoms with Crippen LogP contribution in [0.4, 0.5) is 0 Å². The second kappa shape index (κ2) is 8.65. The molecule has 29 heavy (non-hydrogen) atoms. The van der Waals surface area contributed by atoms with Crippen LogP contribution >= 0.6 is 0 Å². The Morgan fingerprint density at radius 2 is 1.69 bits per heavy atom. The summed E-state index contributed by atoms with van der Waals surface area (Å²) in [6.07, 6.45) is 0. The summed E-state index contributed by atoms with van der Waals surface area (Å²) in [7, 11) is 0.580. The number of hydrogen-bond donors (Lipinski definition) is 0. The van der Waals surface area contributed by atoms with Gasteiger partial charge in [-0.1, -0.05) is 72.4 Å². The van der Waals surface area contributed by atoms with Gasteiger partial charge in [0.2, 0.25) is 5.88 Å². The summed E-state index contributed by atoms with van der Waals surface area (Å²) in [6.45, 7) is 11.3. The predicted octanol–water partition coefficient (Wildman–Crippen LogP) is 5.01. The zero-order valence-corrected chi connectivity index (χ0v) is 19.1. The van der Waals surface area contributed by atoms with Gasteiger partial charge >= 0.3 is 0 Å². The van der Waals surface area contributed by atoms with Crippen molar-refractivity contribution in [1.82, 2.24) is 9.78 Å². The number of rotatable bonds is 7. The van der Waals surface area contributed by atoms with E-state index < -0.39 is 8.07 Å². The standard InChI is InChI=1S/C23H29N3O2Si/c1-17-22(23(26(3)24-17)28-20-10-8-7-9-11-20)18(2)25-27-16-19-12-14-21(15-13-19)29(4,5)6/h7-15H,16H2,1-6H3. The Morgan fingerprint density at radius 1 is 1.03 bits per heavy atom. The number of oxime groups is 1. The maximum Gasteiger partial charge on any atom is 0.227 e. The van der Waals surface area contributed by atoms with E-state index >= 15 is 0 Å². The molecule has 1 aromatic heterocycles. The normalized spacial score (nSPS) is 12.1. The Morgan fingerprint density at radius 3 is 2.31 bits per heavy atom. The van der Waals surface area contributed by atoms with Crippen molar-refractivity contribution in [3.63, 3.8) is 0 Å². The lowest BCUT2D eigenvalue weighted by molar-refractivity contribution is 0.130. The summed E-state index contributed by atoms with van der Waals surface area (Å²) in [5.74, 6) is 1.41. The van der Waals surface area contributed by atoms with Gasteiger partial charge in [0.05, 0.1) is 25.0 Å². The van der Waals surface area contributed by atoms with Crippen LogP contribution in [-0.2, 0) is 18.5 Å². The van der Waals surface area contributed by atoms with Crippen LogP contribution in [0.15, 0.2) is 59.8 Å². The average Bonchev–Trinajstić information content (AvgIpc) is 2.95. The van der Waals surface area contributed by atoms with Gasteiger partial charge in [0.1, 0.15) is 12.4 Å². The Bertz CT molecular complexity index is 987. The van der Waals surface area contributed by atoms with Crippen LogP contribution in [0.2, 0.25) is 19.6 Å². The second-order valence-corrected chi connectivity index (χ2v) is 13.3. The van der Waals surface area contributed by atoms with Crippen LogP contribution in [0, 0.1) is 6.92 Å².